The number of halogens is 4. The number of aromatic amines is 1. The summed E-state index contributed by atoms with van der Waals surface area (Å²) in [4.78, 5) is 29.1. The van der Waals surface area contributed by atoms with Crippen molar-refractivity contribution in [3.63, 3.8) is 0 Å². The summed E-state index contributed by atoms with van der Waals surface area (Å²) < 4.78 is 63.1. The molecule has 0 bridgehead atoms. The number of benzene rings is 4. The van der Waals surface area contributed by atoms with E-state index in [2.05, 4.69) is 15.5 Å². The molecule has 4 aromatic carbocycles. The van der Waals surface area contributed by atoms with E-state index in [0.29, 0.717) is 16.9 Å². The van der Waals surface area contributed by atoms with Gasteiger partial charge in [-0.1, -0.05) is 54.1 Å². The highest BCUT2D eigenvalue weighted by molar-refractivity contribution is 6.34. The van der Waals surface area contributed by atoms with E-state index >= 15 is 0 Å². The minimum absolute atomic E-state index is 0.108. The minimum Gasteiger partial charge on any atom is -0.493 e. The number of nitrogens with one attached hydrogen (secondary N) is 2. The second-order valence-electron chi connectivity index (χ2n) is 9.62. The Morgan fingerprint density at radius 1 is 0.870 bits per heavy atom. The number of hydrogen-bond donors (Lipinski definition) is 2. The number of carbonyl (C=O) groups excluding carboxylic acids is 2. The Balaban J connectivity index is 1.44. The van der Waals surface area contributed by atoms with Gasteiger partial charge in [0.2, 0.25) is 5.75 Å². The van der Waals surface area contributed by atoms with E-state index in [1.165, 1.54) is 57.9 Å². The van der Waals surface area contributed by atoms with Gasteiger partial charge in [-0.3, -0.25) is 4.79 Å². The summed E-state index contributed by atoms with van der Waals surface area (Å²) in [5.41, 5.74) is 1.90. The molecule has 0 saturated carbocycles. The van der Waals surface area contributed by atoms with Crippen LogP contribution in [0, 0.1) is 0 Å². The molecule has 5 aromatic rings. The van der Waals surface area contributed by atoms with Crippen LogP contribution in [0.4, 0.5) is 13.2 Å². The van der Waals surface area contributed by atoms with E-state index in [1.807, 2.05) is 0 Å². The van der Waals surface area contributed by atoms with Gasteiger partial charge in [-0.2, -0.15) is 18.3 Å². The van der Waals surface area contributed by atoms with Gasteiger partial charge in [0, 0.05) is 27.1 Å². The predicted octanol–water partition coefficient (Wildman–Crippen LogP) is 7.52. The van der Waals surface area contributed by atoms with Crippen LogP contribution in [0.15, 0.2) is 84.0 Å². The minimum atomic E-state index is -4.68. The molecule has 46 heavy (non-hydrogen) atoms. The number of methoxy groups -OCH3 is 3. The van der Waals surface area contributed by atoms with Crippen LogP contribution in [-0.4, -0.2) is 44.4 Å². The fraction of sp³-hybridized carbons (Fsp3) is 0.121. The van der Waals surface area contributed by atoms with E-state index in [0.717, 1.165) is 6.07 Å². The smallest absolute Gasteiger partial charge is 0.418 e. The Morgan fingerprint density at radius 3 is 2.20 bits per heavy atom. The zero-order chi connectivity index (χ0) is 33.0. The number of fused-ring (bicyclic) bond motifs is 1. The van der Waals surface area contributed by atoms with Gasteiger partial charge in [0.1, 0.15) is 11.4 Å². The number of aromatic nitrogens is 1. The Kier molecular flexibility index (Phi) is 9.19. The molecule has 0 spiro atoms. The van der Waals surface area contributed by atoms with Crippen molar-refractivity contribution in [3.8, 4) is 34.1 Å². The summed E-state index contributed by atoms with van der Waals surface area (Å²) >= 11 is 6.40. The van der Waals surface area contributed by atoms with Gasteiger partial charge in [0.25, 0.3) is 5.91 Å². The molecule has 0 atom stereocenters. The van der Waals surface area contributed by atoms with Crippen LogP contribution < -0.4 is 24.4 Å². The number of hydrogen-bond acceptors (Lipinski definition) is 7. The fourth-order valence-corrected chi connectivity index (χ4v) is 5.05. The van der Waals surface area contributed by atoms with Gasteiger partial charge in [-0.25, -0.2) is 10.2 Å². The molecule has 1 amide bonds. The number of H-pyrrole nitrogens is 1. The second-order valence-corrected chi connectivity index (χ2v) is 10.0. The number of ether oxygens (including phenoxy) is 4. The van der Waals surface area contributed by atoms with Crippen molar-refractivity contribution >= 4 is 40.6 Å². The third kappa shape index (κ3) is 6.33. The zero-order valence-corrected chi connectivity index (χ0v) is 25.2. The molecule has 0 aliphatic rings. The van der Waals surface area contributed by atoms with Crippen LogP contribution in [0.25, 0.3) is 22.0 Å². The lowest BCUT2D eigenvalue weighted by Gasteiger charge is -2.14. The number of carbonyl (C=O) groups is 2. The summed E-state index contributed by atoms with van der Waals surface area (Å²) in [5, 5.41) is 4.38. The largest absolute Gasteiger partial charge is 0.493 e. The van der Waals surface area contributed by atoms with Crippen molar-refractivity contribution in [2.45, 2.75) is 6.18 Å². The van der Waals surface area contributed by atoms with E-state index < -0.39 is 23.6 Å². The van der Waals surface area contributed by atoms with Crippen molar-refractivity contribution in [2.75, 3.05) is 21.3 Å². The molecule has 0 aliphatic carbocycles. The van der Waals surface area contributed by atoms with Crippen LogP contribution in [0.2, 0.25) is 5.02 Å². The lowest BCUT2D eigenvalue weighted by Crippen LogP contribution is -2.19. The number of hydrazone groups is 1. The molecule has 0 unspecified atom stereocenters. The molecule has 0 fully saturated rings. The van der Waals surface area contributed by atoms with E-state index in [4.69, 9.17) is 30.5 Å². The Morgan fingerprint density at radius 2 is 1.54 bits per heavy atom. The maximum atomic E-state index is 13.9. The first-order chi connectivity index (χ1) is 22.1. The summed E-state index contributed by atoms with van der Waals surface area (Å²) in [6, 6.07) is 19.4. The van der Waals surface area contributed by atoms with E-state index in [1.54, 1.807) is 42.5 Å². The summed E-state index contributed by atoms with van der Waals surface area (Å²) in [7, 11) is 4.26. The number of nitrogens with zero attached hydrogens (tertiary/aromatic N) is 1. The Labute approximate surface area is 265 Å². The first-order valence-electron chi connectivity index (χ1n) is 13.5. The van der Waals surface area contributed by atoms with Gasteiger partial charge in [-0.15, -0.1) is 0 Å². The number of rotatable bonds is 9. The van der Waals surface area contributed by atoms with Crippen molar-refractivity contribution < 1.29 is 41.7 Å². The normalized spacial score (nSPS) is 11.5. The summed E-state index contributed by atoms with van der Waals surface area (Å²) in [6.45, 7) is 0. The standard InChI is InChI=1S/C33H25ClF3N3O6/c1-43-25-15-19(16-26(44-2)30(25)45-3)32(42)46-24-14-7-4-9-18(24)17-38-40-31(41)29-27(20-10-5-6-13-23(20)34)21-11-8-12-22(28(21)39-29)33(35,36)37/h4-17,39H,1-3H3,(H,40,41). The maximum absolute atomic E-state index is 13.9. The van der Waals surface area contributed by atoms with Crippen molar-refractivity contribution in [3.05, 3.63) is 106 Å². The number of alkyl halides is 3. The van der Waals surface area contributed by atoms with Gasteiger partial charge in [-0.05, 0) is 36.4 Å². The topological polar surface area (TPSA) is 111 Å². The fourth-order valence-electron chi connectivity index (χ4n) is 4.82. The van der Waals surface area contributed by atoms with Crippen molar-refractivity contribution in [1.82, 2.24) is 10.4 Å². The van der Waals surface area contributed by atoms with Crippen LogP contribution in [-0.2, 0) is 6.18 Å². The van der Waals surface area contributed by atoms with Crippen LogP contribution in [0.5, 0.6) is 23.0 Å². The van der Waals surface area contributed by atoms with Gasteiger partial charge < -0.3 is 23.9 Å². The van der Waals surface area contributed by atoms with Crippen LogP contribution in [0.1, 0.15) is 32.0 Å². The lowest BCUT2D eigenvalue weighted by atomic mass is 10.00. The maximum Gasteiger partial charge on any atom is 0.418 e. The highest BCUT2D eigenvalue weighted by Gasteiger charge is 2.35. The van der Waals surface area contributed by atoms with Gasteiger partial charge in [0.05, 0.1) is 44.2 Å². The first-order valence-corrected chi connectivity index (χ1v) is 13.9. The molecule has 9 nitrogen and oxygen atoms in total. The quantitative estimate of drug-likeness (QED) is 0.0738. The molecule has 0 radical (unpaired) electrons. The monoisotopic (exact) mass is 651 g/mol. The Hall–Kier alpha value is -5.49. The molecular formula is C33H25ClF3N3O6. The molecule has 0 saturated heterocycles. The van der Waals surface area contributed by atoms with Crippen LogP contribution in [0.3, 0.4) is 0 Å². The average Bonchev–Trinajstić information content (AvgIpc) is 3.44. The molecule has 1 aromatic heterocycles. The van der Waals surface area contributed by atoms with Crippen molar-refractivity contribution in [1.29, 1.82) is 0 Å². The highest BCUT2D eigenvalue weighted by atomic mass is 35.5. The SMILES string of the molecule is COc1cc(C(=O)Oc2ccccc2C=NNC(=O)c2[nH]c3c(C(F)(F)F)cccc3c2-c2ccccc2Cl)cc(OC)c1OC. The Bertz CT molecular complexity index is 1950. The number of esters is 1. The molecular weight excluding hydrogens is 627 g/mol. The third-order valence-electron chi connectivity index (χ3n) is 6.90. The van der Waals surface area contributed by atoms with E-state index in [9.17, 15) is 22.8 Å². The molecule has 0 aliphatic heterocycles. The molecule has 13 heteroatoms. The lowest BCUT2D eigenvalue weighted by molar-refractivity contribution is -0.136. The number of para-hydroxylation sites is 2. The predicted molar refractivity (Wildman–Crippen MR) is 166 cm³/mol. The molecule has 236 valence electrons. The van der Waals surface area contributed by atoms with E-state index in [-0.39, 0.29) is 50.0 Å². The molecule has 5 rings (SSSR count). The third-order valence-corrected chi connectivity index (χ3v) is 7.23. The van der Waals surface area contributed by atoms with Gasteiger partial charge >= 0.3 is 12.1 Å². The number of amides is 1. The van der Waals surface area contributed by atoms with Gasteiger partial charge in [0.15, 0.2) is 11.5 Å². The summed E-state index contributed by atoms with van der Waals surface area (Å²) in [6.07, 6.45) is -3.45. The van der Waals surface area contributed by atoms with Crippen LogP contribution >= 0.6 is 11.6 Å². The highest BCUT2D eigenvalue weighted by Crippen LogP contribution is 2.42. The molecule has 2 N–H and O–H groups in total. The first kappa shape index (κ1) is 31.9. The second kappa shape index (κ2) is 13.2. The summed E-state index contributed by atoms with van der Waals surface area (Å²) in [5.74, 6) is -0.665. The average molecular weight is 652 g/mol. The van der Waals surface area contributed by atoms with Crippen molar-refractivity contribution in [2.24, 2.45) is 5.10 Å². The molecule has 1 heterocycles. The zero-order valence-electron chi connectivity index (χ0n) is 24.5.